The number of nitrogen functional groups attached to an aromatic ring is 1. The first-order chi connectivity index (χ1) is 12.4. The molecule has 0 aliphatic carbocycles. The molecule has 0 saturated carbocycles. The number of esters is 2. The summed E-state index contributed by atoms with van der Waals surface area (Å²) in [5.74, 6) is -1.87. The van der Waals surface area contributed by atoms with Crippen molar-refractivity contribution in [3.63, 3.8) is 0 Å². The van der Waals surface area contributed by atoms with Gasteiger partial charge >= 0.3 is 11.9 Å². The van der Waals surface area contributed by atoms with Gasteiger partial charge in [0.05, 0.1) is 23.4 Å². The van der Waals surface area contributed by atoms with Gasteiger partial charge in [-0.2, -0.15) is 0 Å². The molecule has 1 amide bonds. The average Bonchev–Trinajstić information content (AvgIpc) is 2.62. The molecule has 0 saturated heterocycles. The van der Waals surface area contributed by atoms with Crippen molar-refractivity contribution in [1.29, 1.82) is 0 Å². The third-order valence-corrected chi connectivity index (χ3v) is 3.76. The fourth-order valence-corrected chi connectivity index (χ4v) is 2.44. The number of rotatable bonds is 6. The van der Waals surface area contributed by atoms with Crippen LogP contribution in [0.2, 0.25) is 0 Å². The molecule has 0 unspecified atom stereocenters. The van der Waals surface area contributed by atoms with Gasteiger partial charge in [-0.3, -0.25) is 4.79 Å². The summed E-state index contributed by atoms with van der Waals surface area (Å²) in [7, 11) is 0. The number of benzene rings is 2. The number of anilines is 2. The van der Waals surface area contributed by atoms with Crippen molar-refractivity contribution >= 4 is 45.2 Å². The minimum absolute atomic E-state index is 0.152. The highest BCUT2D eigenvalue weighted by molar-refractivity contribution is 9.10. The summed E-state index contributed by atoms with van der Waals surface area (Å²) in [5, 5.41) is 2.53. The van der Waals surface area contributed by atoms with Crippen molar-refractivity contribution in [2.24, 2.45) is 0 Å². The highest BCUT2D eigenvalue weighted by atomic mass is 79.9. The quantitative estimate of drug-likeness (QED) is 0.549. The molecule has 0 atom stereocenters. The van der Waals surface area contributed by atoms with Crippen LogP contribution in [0.1, 0.15) is 27.6 Å². The molecule has 3 N–H and O–H groups in total. The van der Waals surface area contributed by atoms with Gasteiger partial charge in [-0.05, 0) is 37.3 Å². The Hall–Kier alpha value is -2.87. The smallest absolute Gasteiger partial charge is 0.340 e. The lowest BCUT2D eigenvalue weighted by atomic mass is 10.2. The molecule has 0 aliphatic heterocycles. The summed E-state index contributed by atoms with van der Waals surface area (Å²) in [4.78, 5) is 36.0. The molecule has 0 heterocycles. The van der Waals surface area contributed by atoms with Crippen molar-refractivity contribution in [3.05, 3.63) is 58.1 Å². The van der Waals surface area contributed by atoms with Gasteiger partial charge in [-0.25, -0.2) is 9.59 Å². The van der Waals surface area contributed by atoms with Crippen LogP contribution in [0.3, 0.4) is 0 Å². The number of nitrogens with two attached hydrogens (primary N) is 1. The lowest BCUT2D eigenvalue weighted by Crippen LogP contribution is -2.22. The van der Waals surface area contributed by atoms with E-state index in [1.807, 2.05) is 0 Å². The maximum absolute atomic E-state index is 12.1. The Labute approximate surface area is 158 Å². The summed E-state index contributed by atoms with van der Waals surface area (Å²) in [6.07, 6.45) is 0. The predicted octanol–water partition coefficient (Wildman–Crippen LogP) is 3.00. The van der Waals surface area contributed by atoms with E-state index < -0.39 is 24.5 Å². The number of ether oxygens (including phenoxy) is 2. The molecule has 2 aromatic rings. The average molecular weight is 421 g/mol. The maximum Gasteiger partial charge on any atom is 0.340 e. The summed E-state index contributed by atoms with van der Waals surface area (Å²) in [6, 6.07) is 11.1. The first kappa shape index (κ1) is 19.5. The number of carbonyl (C=O) groups excluding carboxylic acids is 3. The molecule has 8 heteroatoms. The third-order valence-electron chi connectivity index (χ3n) is 3.27. The van der Waals surface area contributed by atoms with E-state index in [4.69, 9.17) is 15.2 Å². The zero-order chi connectivity index (χ0) is 19.1. The van der Waals surface area contributed by atoms with Gasteiger partial charge in [0, 0.05) is 10.2 Å². The molecule has 7 nitrogen and oxygen atoms in total. The van der Waals surface area contributed by atoms with E-state index in [1.165, 1.54) is 12.1 Å². The van der Waals surface area contributed by atoms with Gasteiger partial charge in [-0.1, -0.05) is 28.1 Å². The van der Waals surface area contributed by atoms with Gasteiger partial charge in [0.15, 0.2) is 6.61 Å². The second kappa shape index (κ2) is 9.00. The van der Waals surface area contributed by atoms with Crippen LogP contribution in [0.4, 0.5) is 11.4 Å². The van der Waals surface area contributed by atoms with E-state index in [2.05, 4.69) is 21.2 Å². The van der Waals surface area contributed by atoms with E-state index >= 15 is 0 Å². The zero-order valence-corrected chi connectivity index (χ0v) is 15.5. The first-order valence-corrected chi connectivity index (χ1v) is 8.49. The van der Waals surface area contributed by atoms with Crippen LogP contribution in [-0.4, -0.2) is 31.1 Å². The molecule has 2 aromatic carbocycles. The minimum Gasteiger partial charge on any atom is -0.462 e. The highest BCUT2D eigenvalue weighted by Gasteiger charge is 2.16. The zero-order valence-electron chi connectivity index (χ0n) is 14.0. The first-order valence-electron chi connectivity index (χ1n) is 7.70. The topological polar surface area (TPSA) is 108 Å². The molecule has 2 rings (SSSR count). The van der Waals surface area contributed by atoms with Crippen LogP contribution in [0.25, 0.3) is 0 Å². The summed E-state index contributed by atoms with van der Waals surface area (Å²) >= 11 is 3.24. The molecule has 0 spiro atoms. The molecular formula is C18H17BrN2O5. The summed E-state index contributed by atoms with van der Waals surface area (Å²) in [5.41, 5.74) is 6.61. The molecule has 0 aliphatic rings. The predicted molar refractivity (Wildman–Crippen MR) is 99.9 cm³/mol. The number of hydrogen-bond acceptors (Lipinski definition) is 6. The molecule has 0 radical (unpaired) electrons. The maximum atomic E-state index is 12.1. The molecule has 0 bridgehead atoms. The molecule has 0 fully saturated rings. The van der Waals surface area contributed by atoms with Crippen molar-refractivity contribution in [2.75, 3.05) is 24.3 Å². The Balaban J connectivity index is 2.00. The van der Waals surface area contributed by atoms with E-state index in [9.17, 15) is 14.4 Å². The van der Waals surface area contributed by atoms with Gasteiger partial charge in [0.1, 0.15) is 0 Å². The fraction of sp³-hybridized carbons (Fsp3) is 0.167. The van der Waals surface area contributed by atoms with Crippen molar-refractivity contribution < 1.29 is 23.9 Å². The Morgan fingerprint density at radius 1 is 1.04 bits per heavy atom. The second-order valence-corrected chi connectivity index (χ2v) is 6.04. The Morgan fingerprint density at radius 3 is 2.46 bits per heavy atom. The SMILES string of the molecule is CCOC(=O)c1ccccc1NC(=O)COC(=O)c1cc(Br)ccc1N. The number of amides is 1. The van der Waals surface area contributed by atoms with Gasteiger partial charge in [-0.15, -0.1) is 0 Å². The van der Waals surface area contributed by atoms with Gasteiger partial charge < -0.3 is 20.5 Å². The molecule has 26 heavy (non-hydrogen) atoms. The van der Waals surface area contributed by atoms with Crippen molar-refractivity contribution in [3.8, 4) is 0 Å². The Bertz CT molecular complexity index is 838. The lowest BCUT2D eigenvalue weighted by molar-refractivity contribution is -0.119. The van der Waals surface area contributed by atoms with Crippen molar-refractivity contribution in [2.45, 2.75) is 6.92 Å². The van der Waals surface area contributed by atoms with E-state index in [0.717, 1.165) is 0 Å². The second-order valence-electron chi connectivity index (χ2n) is 5.12. The normalized spacial score (nSPS) is 10.1. The van der Waals surface area contributed by atoms with Crippen LogP contribution in [0.5, 0.6) is 0 Å². The Kier molecular flexibility index (Phi) is 6.74. The lowest BCUT2D eigenvalue weighted by Gasteiger charge is -2.11. The van der Waals surface area contributed by atoms with Crippen LogP contribution in [0, 0.1) is 0 Å². The van der Waals surface area contributed by atoms with Crippen LogP contribution >= 0.6 is 15.9 Å². The van der Waals surface area contributed by atoms with Gasteiger partial charge in [0.2, 0.25) is 0 Å². The van der Waals surface area contributed by atoms with E-state index in [0.29, 0.717) is 4.47 Å². The highest BCUT2D eigenvalue weighted by Crippen LogP contribution is 2.19. The monoisotopic (exact) mass is 420 g/mol. The molecule has 136 valence electrons. The summed E-state index contributed by atoms with van der Waals surface area (Å²) < 4.78 is 10.6. The number of nitrogens with one attached hydrogen (secondary N) is 1. The number of halogens is 1. The largest absolute Gasteiger partial charge is 0.462 e. The number of carbonyl (C=O) groups is 3. The van der Waals surface area contributed by atoms with E-state index in [-0.39, 0.29) is 29.1 Å². The number of para-hydroxylation sites is 1. The Morgan fingerprint density at radius 2 is 1.73 bits per heavy atom. The van der Waals surface area contributed by atoms with E-state index in [1.54, 1.807) is 37.3 Å². The standard InChI is InChI=1S/C18H17BrN2O5/c1-2-25-17(23)12-5-3-4-6-15(12)21-16(22)10-26-18(24)13-9-11(19)7-8-14(13)20/h3-9H,2,10,20H2,1H3,(H,21,22). The fourth-order valence-electron chi connectivity index (χ4n) is 2.08. The van der Waals surface area contributed by atoms with Gasteiger partial charge in [0.25, 0.3) is 5.91 Å². The van der Waals surface area contributed by atoms with Crippen molar-refractivity contribution in [1.82, 2.24) is 0 Å². The molecule has 0 aromatic heterocycles. The third kappa shape index (κ3) is 5.06. The van der Waals surface area contributed by atoms with Crippen LogP contribution in [0.15, 0.2) is 46.9 Å². The summed E-state index contributed by atoms with van der Waals surface area (Å²) in [6.45, 7) is 1.38. The van der Waals surface area contributed by atoms with Crippen LogP contribution in [-0.2, 0) is 14.3 Å². The minimum atomic E-state index is -0.724. The molecular weight excluding hydrogens is 404 g/mol. The van der Waals surface area contributed by atoms with Crippen LogP contribution < -0.4 is 11.1 Å². The number of hydrogen-bond donors (Lipinski definition) is 2.